The van der Waals surface area contributed by atoms with Crippen LogP contribution in [0.3, 0.4) is 0 Å². The van der Waals surface area contributed by atoms with Gasteiger partial charge in [-0.2, -0.15) is 0 Å². The van der Waals surface area contributed by atoms with Crippen LogP contribution in [0.15, 0.2) is 17.5 Å². The number of amides is 2. The van der Waals surface area contributed by atoms with Gasteiger partial charge in [0, 0.05) is 54.0 Å². The summed E-state index contributed by atoms with van der Waals surface area (Å²) in [7, 11) is 4.32. The van der Waals surface area contributed by atoms with E-state index in [9.17, 15) is 9.59 Å². The minimum Gasteiger partial charge on any atom is -0.448 e. The zero-order chi connectivity index (χ0) is 28.3. The summed E-state index contributed by atoms with van der Waals surface area (Å²) in [4.78, 5) is 32.4. The van der Waals surface area contributed by atoms with Crippen LogP contribution >= 0.6 is 11.3 Å². The molecule has 3 aliphatic heterocycles. The molecule has 4 atom stereocenters. The van der Waals surface area contributed by atoms with Crippen molar-refractivity contribution < 1.29 is 19.1 Å². The number of hydrogen-bond acceptors (Lipinski definition) is 6. The Kier molecular flexibility index (Phi) is 7.14. The first-order chi connectivity index (χ1) is 19.1. The predicted octanol–water partition coefficient (Wildman–Crippen LogP) is 5.49. The highest BCUT2D eigenvalue weighted by molar-refractivity contribution is 7.13. The molecule has 2 amide bonds. The van der Waals surface area contributed by atoms with Gasteiger partial charge in [0.2, 0.25) is 5.91 Å². The highest BCUT2D eigenvalue weighted by Crippen LogP contribution is 2.55. The lowest BCUT2D eigenvalue weighted by atomic mass is 9.81. The van der Waals surface area contributed by atoms with Crippen molar-refractivity contribution in [3.8, 4) is 21.9 Å². The van der Waals surface area contributed by atoms with Gasteiger partial charge in [0.25, 0.3) is 11.7 Å². The molecule has 0 radical (unpaired) electrons. The second-order valence-electron chi connectivity index (χ2n) is 12.9. The van der Waals surface area contributed by atoms with Gasteiger partial charge in [-0.25, -0.2) is 0 Å². The van der Waals surface area contributed by atoms with Crippen LogP contribution in [0.1, 0.15) is 74.4 Å². The van der Waals surface area contributed by atoms with Crippen LogP contribution < -0.4 is 14.8 Å². The third-order valence-corrected chi connectivity index (χ3v) is 10.9. The SMILES string of the molecule is Cc1c2c(c(-c3cccs3)c3c1C(=O)N(CC1C(=O)NC(C)CC1C)CC3)O[C@](C)(C1CCC(N(C)C)CC1)O2. The van der Waals surface area contributed by atoms with Gasteiger partial charge in [-0.15, -0.1) is 11.3 Å². The van der Waals surface area contributed by atoms with E-state index < -0.39 is 5.79 Å². The highest BCUT2D eigenvalue weighted by Gasteiger charge is 2.49. The van der Waals surface area contributed by atoms with E-state index in [0.717, 1.165) is 71.4 Å². The molecule has 8 heteroatoms. The number of benzene rings is 1. The maximum atomic E-state index is 14.2. The van der Waals surface area contributed by atoms with Crippen LogP contribution in [-0.4, -0.2) is 66.7 Å². The number of fused-ring (bicyclic) bond motifs is 2. The molecule has 4 aliphatic rings. The van der Waals surface area contributed by atoms with Gasteiger partial charge < -0.3 is 24.6 Å². The monoisotopic (exact) mass is 565 g/mol. The summed E-state index contributed by atoms with van der Waals surface area (Å²) in [6, 6.07) is 4.94. The molecule has 1 N–H and O–H groups in total. The predicted molar refractivity (Wildman–Crippen MR) is 158 cm³/mol. The van der Waals surface area contributed by atoms with Crippen molar-refractivity contribution in [1.29, 1.82) is 0 Å². The van der Waals surface area contributed by atoms with Crippen molar-refractivity contribution in [2.24, 2.45) is 17.8 Å². The molecule has 1 aromatic carbocycles. The van der Waals surface area contributed by atoms with E-state index in [4.69, 9.17) is 9.47 Å². The Morgan fingerprint density at radius 2 is 1.82 bits per heavy atom. The Morgan fingerprint density at radius 1 is 1.10 bits per heavy atom. The minimum absolute atomic E-state index is 0.00155. The third kappa shape index (κ3) is 4.61. The molecule has 216 valence electrons. The molecule has 0 spiro atoms. The van der Waals surface area contributed by atoms with E-state index in [2.05, 4.69) is 55.7 Å². The molecule has 7 nitrogen and oxygen atoms in total. The van der Waals surface area contributed by atoms with Crippen molar-refractivity contribution in [3.63, 3.8) is 0 Å². The molecule has 1 saturated heterocycles. The summed E-state index contributed by atoms with van der Waals surface area (Å²) >= 11 is 1.67. The standard InChI is InChI=1S/C32H43N3O4S/c1-18-16-19(2)33-30(36)24(18)17-35-14-13-23-26(31(35)37)20(3)28-29(27(23)25-8-7-15-40-25)39-32(4,38-28)21-9-11-22(12-10-21)34(5)6/h7-8,15,18-19,21-22,24H,9-14,16-17H2,1-6H3,(H,33,36)/t18?,19?,21?,22?,24?,32-/m1/s1. The molecule has 2 fully saturated rings. The van der Waals surface area contributed by atoms with Crippen LogP contribution in [0, 0.1) is 24.7 Å². The third-order valence-electron chi connectivity index (χ3n) is 9.99. The number of thiophene rings is 1. The summed E-state index contributed by atoms with van der Waals surface area (Å²) in [5.74, 6) is 1.15. The minimum atomic E-state index is -0.755. The Hall–Kier alpha value is -2.58. The van der Waals surface area contributed by atoms with Gasteiger partial charge in [0.1, 0.15) is 0 Å². The van der Waals surface area contributed by atoms with E-state index in [1.54, 1.807) is 11.3 Å². The zero-order valence-corrected chi connectivity index (χ0v) is 25.5. The second kappa shape index (κ2) is 10.4. The summed E-state index contributed by atoms with van der Waals surface area (Å²) in [6.07, 6.45) is 6.02. The van der Waals surface area contributed by atoms with Crippen molar-refractivity contribution in [2.45, 2.75) is 84.1 Å². The van der Waals surface area contributed by atoms with E-state index >= 15 is 0 Å². The molecular formula is C32H43N3O4S. The van der Waals surface area contributed by atoms with E-state index in [1.165, 1.54) is 0 Å². The molecule has 3 unspecified atom stereocenters. The maximum absolute atomic E-state index is 14.2. The highest BCUT2D eigenvalue weighted by atomic mass is 32.1. The molecule has 1 saturated carbocycles. The number of carbonyl (C=O) groups excluding carboxylic acids is 2. The Labute approximate surface area is 242 Å². The van der Waals surface area contributed by atoms with Crippen LogP contribution in [0.4, 0.5) is 0 Å². The normalized spacial score (nSPS) is 31.9. The maximum Gasteiger partial charge on any atom is 0.254 e. The summed E-state index contributed by atoms with van der Waals surface area (Å²) < 4.78 is 13.6. The van der Waals surface area contributed by atoms with Gasteiger partial charge in [0.05, 0.1) is 11.5 Å². The molecule has 2 aromatic rings. The molecule has 1 aliphatic carbocycles. The smallest absolute Gasteiger partial charge is 0.254 e. The first-order valence-corrected chi connectivity index (χ1v) is 15.8. The van der Waals surface area contributed by atoms with E-state index in [-0.39, 0.29) is 35.6 Å². The van der Waals surface area contributed by atoms with Crippen molar-refractivity contribution >= 4 is 23.2 Å². The van der Waals surface area contributed by atoms with Gasteiger partial charge in [0.15, 0.2) is 11.5 Å². The average Bonchev–Trinajstić information content (AvgIpc) is 3.56. The first-order valence-electron chi connectivity index (χ1n) is 14.9. The van der Waals surface area contributed by atoms with Crippen LogP contribution in [0.2, 0.25) is 0 Å². The largest absolute Gasteiger partial charge is 0.448 e. The van der Waals surface area contributed by atoms with Gasteiger partial charge in [-0.1, -0.05) is 13.0 Å². The number of piperidine rings is 1. The Bertz CT molecular complexity index is 1300. The van der Waals surface area contributed by atoms with E-state index in [1.807, 2.05) is 18.7 Å². The first kappa shape index (κ1) is 27.6. The van der Waals surface area contributed by atoms with Crippen LogP contribution in [0.5, 0.6) is 11.5 Å². The fourth-order valence-electron chi connectivity index (χ4n) is 7.61. The molecule has 40 heavy (non-hydrogen) atoms. The molecular weight excluding hydrogens is 522 g/mol. The van der Waals surface area contributed by atoms with Gasteiger partial charge >= 0.3 is 0 Å². The Balaban J connectivity index is 1.34. The molecule has 1 aromatic heterocycles. The number of nitrogens with zero attached hydrogens (tertiary/aromatic N) is 2. The van der Waals surface area contributed by atoms with Crippen LogP contribution in [0.25, 0.3) is 10.4 Å². The fraction of sp³-hybridized carbons (Fsp3) is 0.625. The molecule has 6 rings (SSSR count). The van der Waals surface area contributed by atoms with Crippen molar-refractivity contribution in [2.75, 3.05) is 27.2 Å². The lowest BCUT2D eigenvalue weighted by Crippen LogP contribution is -2.52. The lowest BCUT2D eigenvalue weighted by molar-refractivity contribution is -0.130. The number of hydrogen-bond donors (Lipinski definition) is 1. The van der Waals surface area contributed by atoms with Crippen LogP contribution in [-0.2, 0) is 11.2 Å². The second-order valence-corrected chi connectivity index (χ2v) is 13.9. The van der Waals surface area contributed by atoms with Crippen molar-refractivity contribution in [1.82, 2.24) is 15.1 Å². The number of nitrogens with one attached hydrogen (secondary N) is 1. The lowest BCUT2D eigenvalue weighted by Gasteiger charge is -2.39. The zero-order valence-electron chi connectivity index (χ0n) is 24.7. The number of carbonyl (C=O) groups is 2. The molecule has 4 heterocycles. The summed E-state index contributed by atoms with van der Waals surface area (Å²) in [6.45, 7) is 9.32. The fourth-order valence-corrected chi connectivity index (χ4v) is 8.40. The number of ether oxygens (including phenoxy) is 2. The van der Waals surface area contributed by atoms with Gasteiger partial charge in [-0.05, 0) is 89.4 Å². The van der Waals surface area contributed by atoms with Gasteiger partial charge in [-0.3, -0.25) is 9.59 Å². The summed E-state index contributed by atoms with van der Waals surface area (Å²) in [5, 5.41) is 5.17. The summed E-state index contributed by atoms with van der Waals surface area (Å²) in [5.41, 5.74) is 3.66. The topological polar surface area (TPSA) is 71.1 Å². The number of rotatable bonds is 5. The van der Waals surface area contributed by atoms with E-state index in [0.29, 0.717) is 24.9 Å². The Morgan fingerprint density at radius 3 is 2.48 bits per heavy atom. The average molecular weight is 566 g/mol. The molecule has 0 bridgehead atoms. The van der Waals surface area contributed by atoms with Crippen molar-refractivity contribution in [3.05, 3.63) is 34.2 Å². The quantitative estimate of drug-likeness (QED) is 0.519.